The van der Waals surface area contributed by atoms with Crippen LogP contribution in [-0.4, -0.2) is 17.6 Å². The van der Waals surface area contributed by atoms with Gasteiger partial charge in [0.05, 0.1) is 5.92 Å². The maximum atomic E-state index is 11.0. The largest absolute Gasteiger partial charge is 0.481 e. The highest BCUT2D eigenvalue weighted by atomic mass is 16.4. The summed E-state index contributed by atoms with van der Waals surface area (Å²) in [5.41, 5.74) is 5.39. The molecule has 0 aromatic carbocycles. The fourth-order valence-corrected chi connectivity index (χ4v) is 1.78. The molecule has 0 aliphatic rings. The van der Waals surface area contributed by atoms with Crippen molar-refractivity contribution >= 4 is 5.97 Å². The molecule has 16 heavy (non-hydrogen) atoms. The van der Waals surface area contributed by atoms with Crippen molar-refractivity contribution in [2.24, 2.45) is 11.7 Å². The van der Waals surface area contributed by atoms with Crippen LogP contribution in [0.15, 0.2) is 12.7 Å². The molecule has 0 amide bonds. The lowest BCUT2D eigenvalue weighted by Gasteiger charge is -2.11. The molecule has 0 bridgehead atoms. The van der Waals surface area contributed by atoms with Gasteiger partial charge in [-0.3, -0.25) is 4.79 Å². The van der Waals surface area contributed by atoms with E-state index in [1.165, 1.54) is 0 Å². The van der Waals surface area contributed by atoms with Crippen molar-refractivity contribution in [3.63, 3.8) is 0 Å². The number of allylic oxidation sites excluding steroid dienone is 1. The summed E-state index contributed by atoms with van der Waals surface area (Å²) in [4.78, 5) is 11.0. The van der Waals surface area contributed by atoms with Gasteiger partial charge in [-0.25, -0.2) is 0 Å². The average Bonchev–Trinajstić information content (AvgIpc) is 2.26. The third-order valence-corrected chi connectivity index (χ3v) is 2.82. The Morgan fingerprint density at radius 3 is 2.31 bits per heavy atom. The molecule has 3 nitrogen and oxygen atoms in total. The standard InChI is InChI=1S/C13H25NO2/c1-2-3-4-5-6-9-12(13(15)16)10-7-8-11-14/h2,12H,1,3-11,14H2,(H,15,16). The first-order valence-electron chi connectivity index (χ1n) is 6.26. The van der Waals surface area contributed by atoms with Gasteiger partial charge in [0.1, 0.15) is 0 Å². The van der Waals surface area contributed by atoms with E-state index in [4.69, 9.17) is 10.8 Å². The van der Waals surface area contributed by atoms with Crippen molar-refractivity contribution in [3.05, 3.63) is 12.7 Å². The van der Waals surface area contributed by atoms with Gasteiger partial charge < -0.3 is 10.8 Å². The lowest BCUT2D eigenvalue weighted by Crippen LogP contribution is -2.14. The molecule has 0 saturated heterocycles. The van der Waals surface area contributed by atoms with Gasteiger partial charge in [0.15, 0.2) is 0 Å². The van der Waals surface area contributed by atoms with E-state index in [0.717, 1.165) is 51.4 Å². The van der Waals surface area contributed by atoms with Gasteiger partial charge in [0, 0.05) is 0 Å². The minimum atomic E-state index is -0.652. The van der Waals surface area contributed by atoms with Crippen molar-refractivity contribution in [1.82, 2.24) is 0 Å². The molecule has 1 unspecified atom stereocenters. The predicted molar refractivity (Wildman–Crippen MR) is 67.3 cm³/mol. The fourth-order valence-electron chi connectivity index (χ4n) is 1.78. The molecule has 0 aromatic heterocycles. The summed E-state index contributed by atoms with van der Waals surface area (Å²) in [6.45, 7) is 4.32. The maximum Gasteiger partial charge on any atom is 0.306 e. The number of hydrogen-bond acceptors (Lipinski definition) is 2. The van der Waals surface area contributed by atoms with Gasteiger partial charge in [0.2, 0.25) is 0 Å². The number of nitrogens with two attached hydrogens (primary N) is 1. The third kappa shape index (κ3) is 8.48. The molecule has 0 aliphatic heterocycles. The topological polar surface area (TPSA) is 63.3 Å². The molecule has 0 radical (unpaired) electrons. The zero-order valence-electron chi connectivity index (χ0n) is 10.2. The highest BCUT2D eigenvalue weighted by Crippen LogP contribution is 2.17. The molecule has 3 heteroatoms. The smallest absolute Gasteiger partial charge is 0.306 e. The maximum absolute atomic E-state index is 11.0. The van der Waals surface area contributed by atoms with Crippen LogP contribution in [-0.2, 0) is 4.79 Å². The van der Waals surface area contributed by atoms with Crippen LogP contribution < -0.4 is 5.73 Å². The number of carboxylic acids is 1. The van der Waals surface area contributed by atoms with Gasteiger partial charge in [-0.05, 0) is 38.6 Å². The fraction of sp³-hybridized carbons (Fsp3) is 0.769. The molecule has 0 aromatic rings. The van der Waals surface area contributed by atoms with E-state index in [-0.39, 0.29) is 5.92 Å². The number of aliphatic carboxylic acids is 1. The molecule has 0 heterocycles. The van der Waals surface area contributed by atoms with Gasteiger partial charge in [-0.1, -0.05) is 25.3 Å². The van der Waals surface area contributed by atoms with Crippen LogP contribution in [0.2, 0.25) is 0 Å². The van der Waals surface area contributed by atoms with Gasteiger partial charge in [0.25, 0.3) is 0 Å². The number of carbonyl (C=O) groups is 1. The predicted octanol–water partition coefficient (Wildman–Crippen LogP) is 2.95. The third-order valence-electron chi connectivity index (χ3n) is 2.82. The molecular weight excluding hydrogens is 202 g/mol. The number of unbranched alkanes of at least 4 members (excludes halogenated alkanes) is 4. The van der Waals surface area contributed by atoms with Crippen LogP contribution in [0, 0.1) is 5.92 Å². The van der Waals surface area contributed by atoms with Crippen molar-refractivity contribution in [2.45, 2.75) is 51.4 Å². The summed E-state index contributed by atoms with van der Waals surface area (Å²) in [5.74, 6) is -0.823. The number of hydrogen-bond donors (Lipinski definition) is 2. The Morgan fingerprint density at radius 1 is 1.19 bits per heavy atom. The number of rotatable bonds is 11. The molecule has 1 atom stereocenters. The molecule has 0 saturated carbocycles. The van der Waals surface area contributed by atoms with E-state index < -0.39 is 5.97 Å². The van der Waals surface area contributed by atoms with Crippen molar-refractivity contribution in [2.75, 3.05) is 6.54 Å². The lowest BCUT2D eigenvalue weighted by molar-refractivity contribution is -0.142. The van der Waals surface area contributed by atoms with E-state index in [1.54, 1.807) is 0 Å². The first-order valence-corrected chi connectivity index (χ1v) is 6.26. The van der Waals surface area contributed by atoms with Crippen LogP contribution >= 0.6 is 0 Å². The summed E-state index contributed by atoms with van der Waals surface area (Å²) in [7, 11) is 0. The first-order chi connectivity index (χ1) is 7.72. The van der Waals surface area contributed by atoms with Crippen LogP contribution in [0.25, 0.3) is 0 Å². The van der Waals surface area contributed by atoms with E-state index >= 15 is 0 Å². The van der Waals surface area contributed by atoms with E-state index in [2.05, 4.69) is 6.58 Å². The minimum absolute atomic E-state index is 0.171. The summed E-state index contributed by atoms with van der Waals surface area (Å²) < 4.78 is 0. The second-order valence-electron chi connectivity index (χ2n) is 4.25. The Hall–Kier alpha value is -0.830. The Morgan fingerprint density at radius 2 is 1.81 bits per heavy atom. The van der Waals surface area contributed by atoms with Crippen LogP contribution in [0.5, 0.6) is 0 Å². The molecule has 94 valence electrons. The van der Waals surface area contributed by atoms with Gasteiger partial charge in [-0.2, -0.15) is 0 Å². The molecule has 0 rings (SSSR count). The van der Waals surface area contributed by atoms with Gasteiger partial charge in [-0.15, -0.1) is 6.58 Å². The Labute approximate surface area is 98.7 Å². The monoisotopic (exact) mass is 227 g/mol. The Bertz CT molecular complexity index is 192. The van der Waals surface area contributed by atoms with Crippen LogP contribution in [0.3, 0.4) is 0 Å². The summed E-state index contributed by atoms with van der Waals surface area (Å²) in [6, 6.07) is 0. The van der Waals surface area contributed by atoms with Crippen LogP contribution in [0.4, 0.5) is 0 Å². The highest BCUT2D eigenvalue weighted by molar-refractivity contribution is 5.69. The molecule has 0 spiro atoms. The SMILES string of the molecule is C=CCCCCCC(CCCCN)C(=O)O. The van der Waals surface area contributed by atoms with E-state index in [9.17, 15) is 4.79 Å². The second kappa shape index (κ2) is 10.7. The normalized spacial score (nSPS) is 12.3. The average molecular weight is 227 g/mol. The lowest BCUT2D eigenvalue weighted by atomic mass is 9.95. The molecule has 0 aliphatic carbocycles. The van der Waals surface area contributed by atoms with E-state index in [1.807, 2.05) is 6.08 Å². The molecular formula is C13H25NO2. The summed E-state index contributed by atoms with van der Waals surface area (Å²) in [5, 5.41) is 9.03. The zero-order valence-corrected chi connectivity index (χ0v) is 10.2. The Kier molecular flexibility index (Phi) is 10.1. The quantitative estimate of drug-likeness (QED) is 0.421. The Balaban J connectivity index is 3.59. The van der Waals surface area contributed by atoms with Gasteiger partial charge >= 0.3 is 5.97 Å². The van der Waals surface area contributed by atoms with Crippen LogP contribution in [0.1, 0.15) is 51.4 Å². The van der Waals surface area contributed by atoms with Crippen molar-refractivity contribution in [3.8, 4) is 0 Å². The highest BCUT2D eigenvalue weighted by Gasteiger charge is 2.15. The number of carboxylic acid groups (broad SMARTS) is 1. The second-order valence-corrected chi connectivity index (χ2v) is 4.25. The molecule has 3 N–H and O–H groups in total. The molecule has 0 fully saturated rings. The summed E-state index contributed by atoms with van der Waals surface area (Å²) >= 11 is 0. The first kappa shape index (κ1) is 15.2. The van der Waals surface area contributed by atoms with Crippen molar-refractivity contribution < 1.29 is 9.90 Å². The zero-order chi connectivity index (χ0) is 12.2. The minimum Gasteiger partial charge on any atom is -0.481 e. The van der Waals surface area contributed by atoms with E-state index in [0.29, 0.717) is 6.54 Å². The summed E-state index contributed by atoms with van der Waals surface area (Å²) in [6.07, 6.45) is 9.62. The van der Waals surface area contributed by atoms with Crippen molar-refractivity contribution in [1.29, 1.82) is 0 Å².